The molecule has 0 atom stereocenters. The quantitative estimate of drug-likeness (QED) is 0.443. The summed E-state index contributed by atoms with van der Waals surface area (Å²) in [6.07, 6.45) is 0. The van der Waals surface area contributed by atoms with E-state index in [1.807, 2.05) is 12.1 Å². The van der Waals surface area contributed by atoms with Crippen molar-refractivity contribution in [2.24, 2.45) is 0 Å². The first-order chi connectivity index (χ1) is 13.0. The molecular formula is C19H20BrN3O3Se. The van der Waals surface area contributed by atoms with Crippen molar-refractivity contribution in [2.75, 3.05) is 40.3 Å². The van der Waals surface area contributed by atoms with E-state index < -0.39 is 11.5 Å². The van der Waals surface area contributed by atoms with Gasteiger partial charge in [-0.1, -0.05) is 0 Å². The molecule has 27 heavy (non-hydrogen) atoms. The molecule has 0 bridgehead atoms. The number of hydrogen-bond donors (Lipinski definition) is 1. The van der Waals surface area contributed by atoms with Crippen LogP contribution in [0.1, 0.15) is 14.8 Å². The fourth-order valence-electron chi connectivity index (χ4n) is 3.35. The van der Waals surface area contributed by atoms with Crippen LogP contribution >= 0.6 is 15.9 Å². The topological polar surface area (TPSA) is 65.8 Å². The summed E-state index contributed by atoms with van der Waals surface area (Å²) in [5.41, 5.74) is 0.0605. The molecule has 2 aromatic heterocycles. The van der Waals surface area contributed by atoms with Gasteiger partial charge in [-0.2, -0.15) is 0 Å². The number of nitrogens with one attached hydrogen (secondary N) is 1. The molecule has 3 aromatic rings. The molecule has 1 saturated heterocycles. The summed E-state index contributed by atoms with van der Waals surface area (Å²) >= 11 is 3.85. The van der Waals surface area contributed by atoms with Gasteiger partial charge in [-0.3, -0.25) is 0 Å². The van der Waals surface area contributed by atoms with E-state index in [1.54, 1.807) is 6.07 Å². The second-order valence-corrected chi connectivity index (χ2v) is 9.92. The van der Waals surface area contributed by atoms with Crippen LogP contribution in [-0.4, -0.2) is 70.5 Å². The zero-order chi connectivity index (χ0) is 19.1. The number of likely N-dealkylation sites (N-methyl/N-ethyl adjacent to an activating group) is 1. The van der Waals surface area contributed by atoms with Crippen LogP contribution in [0, 0.1) is 0 Å². The van der Waals surface area contributed by atoms with Crippen LogP contribution in [0.2, 0.25) is 0 Å². The van der Waals surface area contributed by atoms with E-state index in [2.05, 4.69) is 38.1 Å². The summed E-state index contributed by atoms with van der Waals surface area (Å²) in [7, 11) is 3.66. The maximum absolute atomic E-state index is 12.3. The van der Waals surface area contributed by atoms with Gasteiger partial charge >= 0.3 is 171 Å². The van der Waals surface area contributed by atoms with Crippen LogP contribution in [0.25, 0.3) is 20.6 Å². The third-order valence-electron chi connectivity index (χ3n) is 5.00. The minimum absolute atomic E-state index is 0.0418. The van der Waals surface area contributed by atoms with E-state index >= 15 is 0 Å². The van der Waals surface area contributed by atoms with Gasteiger partial charge in [0.25, 0.3) is 0 Å². The van der Waals surface area contributed by atoms with Crippen LogP contribution in [0.3, 0.4) is 0 Å². The van der Waals surface area contributed by atoms with Gasteiger partial charge in [0.2, 0.25) is 0 Å². The average molecular weight is 497 g/mol. The minimum atomic E-state index is -0.588. The predicted octanol–water partition coefficient (Wildman–Crippen LogP) is 1.87. The monoisotopic (exact) mass is 497 g/mol. The number of carbonyl (C=O) groups is 1. The van der Waals surface area contributed by atoms with Gasteiger partial charge in [-0.25, -0.2) is 0 Å². The molecule has 4 rings (SSSR count). The van der Waals surface area contributed by atoms with E-state index in [0.29, 0.717) is 5.58 Å². The predicted molar refractivity (Wildman–Crippen MR) is 111 cm³/mol. The summed E-state index contributed by atoms with van der Waals surface area (Å²) in [6, 6.07) is 5.59. The Hall–Kier alpha value is -1.44. The number of fused-ring (bicyclic) bond motifs is 3. The van der Waals surface area contributed by atoms with Gasteiger partial charge in [0, 0.05) is 0 Å². The Morgan fingerprint density at radius 2 is 2.04 bits per heavy atom. The number of carbonyl (C=O) groups excluding carboxylic acids is 1. The van der Waals surface area contributed by atoms with Crippen LogP contribution < -0.4 is 10.9 Å². The number of rotatable bonds is 3. The molecule has 1 aliphatic rings. The molecule has 8 heteroatoms. The van der Waals surface area contributed by atoms with Gasteiger partial charge in [0.1, 0.15) is 0 Å². The fourth-order valence-corrected chi connectivity index (χ4v) is 7.10. The molecule has 1 N–H and O–H groups in total. The summed E-state index contributed by atoms with van der Waals surface area (Å²) < 4.78 is 9.16. The third kappa shape index (κ3) is 3.52. The molecule has 0 unspecified atom stereocenters. The van der Waals surface area contributed by atoms with Crippen molar-refractivity contribution in [3.05, 3.63) is 43.1 Å². The van der Waals surface area contributed by atoms with Gasteiger partial charge in [-0.05, 0) is 0 Å². The first-order valence-electron chi connectivity index (χ1n) is 8.78. The SMILES string of the molecule is CNC(=O)c1cc2ccc3c(Br)c(CN4CCN(C)CC4)[se]c3c2oc1=O. The normalized spacial score (nSPS) is 16.3. The van der Waals surface area contributed by atoms with Gasteiger partial charge < -0.3 is 0 Å². The van der Waals surface area contributed by atoms with Crippen molar-refractivity contribution in [3.63, 3.8) is 0 Å². The van der Waals surface area contributed by atoms with E-state index in [1.165, 1.54) is 11.5 Å². The number of hydrogen-bond acceptors (Lipinski definition) is 5. The summed E-state index contributed by atoms with van der Waals surface area (Å²) in [5.74, 6) is -0.424. The van der Waals surface area contributed by atoms with Crippen LogP contribution in [0.5, 0.6) is 0 Å². The number of amides is 1. The van der Waals surface area contributed by atoms with Gasteiger partial charge in [-0.15, -0.1) is 0 Å². The Morgan fingerprint density at radius 1 is 1.30 bits per heavy atom. The van der Waals surface area contributed by atoms with Crippen molar-refractivity contribution >= 4 is 57.0 Å². The standard InChI is InChI=1S/C19H20BrN3O3Se/c1-21-18(24)13-9-11-3-4-12-15(20)14(10-23-7-5-22(2)6-8-23)27-17(12)16(11)26-19(13)25/h3-4,9H,5-8,10H2,1-2H3,(H,21,24). The Kier molecular flexibility index (Phi) is 5.27. The molecule has 1 aromatic carbocycles. The van der Waals surface area contributed by atoms with Crippen molar-refractivity contribution < 1.29 is 9.21 Å². The van der Waals surface area contributed by atoms with Gasteiger partial charge in [0.05, 0.1) is 0 Å². The molecule has 0 saturated carbocycles. The Morgan fingerprint density at radius 3 is 2.74 bits per heavy atom. The average Bonchev–Trinajstić information content (AvgIpc) is 2.98. The zero-order valence-electron chi connectivity index (χ0n) is 15.2. The van der Waals surface area contributed by atoms with Crippen molar-refractivity contribution in [3.8, 4) is 0 Å². The van der Waals surface area contributed by atoms with Crippen LogP contribution in [0.15, 0.2) is 31.9 Å². The molecule has 142 valence electrons. The van der Waals surface area contributed by atoms with Crippen molar-refractivity contribution in [1.82, 2.24) is 15.1 Å². The molecular weight excluding hydrogens is 477 g/mol. The number of benzene rings is 1. The van der Waals surface area contributed by atoms with Crippen molar-refractivity contribution in [1.29, 1.82) is 0 Å². The van der Waals surface area contributed by atoms with Gasteiger partial charge in [0.15, 0.2) is 0 Å². The number of piperazine rings is 1. The Labute approximate surface area is 171 Å². The van der Waals surface area contributed by atoms with Crippen LogP contribution in [-0.2, 0) is 6.54 Å². The molecule has 1 aliphatic heterocycles. The molecule has 0 spiro atoms. The Balaban J connectivity index is 1.77. The maximum atomic E-state index is 12.3. The molecule has 3 heterocycles. The number of halogens is 1. The second-order valence-electron chi connectivity index (χ2n) is 6.81. The van der Waals surface area contributed by atoms with Crippen LogP contribution in [0.4, 0.5) is 0 Å². The van der Waals surface area contributed by atoms with E-state index in [-0.39, 0.29) is 20.1 Å². The molecule has 6 nitrogen and oxygen atoms in total. The second kappa shape index (κ2) is 7.53. The molecule has 1 amide bonds. The van der Waals surface area contributed by atoms with E-state index in [0.717, 1.165) is 52.2 Å². The first-order valence-corrected chi connectivity index (χ1v) is 11.3. The van der Waals surface area contributed by atoms with E-state index in [9.17, 15) is 9.59 Å². The Bertz CT molecular complexity index is 1080. The molecule has 1 fully saturated rings. The van der Waals surface area contributed by atoms with E-state index in [4.69, 9.17) is 4.42 Å². The first kappa shape index (κ1) is 18.9. The fraction of sp³-hybridized carbons (Fsp3) is 0.368. The van der Waals surface area contributed by atoms with Crippen molar-refractivity contribution in [2.45, 2.75) is 6.54 Å². The number of nitrogens with zero attached hydrogens (tertiary/aromatic N) is 2. The third-order valence-corrected chi connectivity index (χ3v) is 8.99. The molecule has 0 radical (unpaired) electrons. The zero-order valence-corrected chi connectivity index (χ0v) is 18.5. The summed E-state index contributed by atoms with van der Waals surface area (Å²) in [6.45, 7) is 5.25. The molecule has 0 aliphatic carbocycles. The summed E-state index contributed by atoms with van der Waals surface area (Å²) in [5, 5.41) is 4.37. The summed E-state index contributed by atoms with van der Waals surface area (Å²) in [4.78, 5) is 29.0.